The molecule has 0 aliphatic rings. The molecule has 148 valence electrons. The van der Waals surface area contributed by atoms with E-state index >= 15 is 0 Å². The Morgan fingerprint density at radius 2 is 1.93 bits per heavy atom. The SMILES string of the molecule is CCn1c(=NC(=O)CCS(=O)(=O)c2ccc(OC)cc2)sc2cc(Br)ccc21. The number of halogens is 1. The molecule has 0 atom stereocenters. The first-order valence-electron chi connectivity index (χ1n) is 8.57. The standard InChI is InChI=1S/C19H19BrN2O4S2/c1-3-22-16-9-4-13(20)12-17(16)27-19(22)21-18(23)10-11-28(24,25)15-7-5-14(26-2)6-8-15/h4-9,12H,3,10-11H2,1-2H3. The Hall–Kier alpha value is -1.97. The first kappa shape index (κ1) is 20.8. The fraction of sp³-hybridized carbons (Fsp3) is 0.263. The highest BCUT2D eigenvalue weighted by atomic mass is 79.9. The van der Waals surface area contributed by atoms with Crippen LogP contribution in [0.2, 0.25) is 0 Å². The summed E-state index contributed by atoms with van der Waals surface area (Å²) >= 11 is 4.85. The van der Waals surface area contributed by atoms with E-state index in [0.29, 0.717) is 17.1 Å². The Morgan fingerprint density at radius 1 is 1.21 bits per heavy atom. The number of aryl methyl sites for hydroxylation is 1. The molecule has 0 bridgehead atoms. The molecule has 1 aromatic heterocycles. The highest BCUT2D eigenvalue weighted by Gasteiger charge is 2.17. The van der Waals surface area contributed by atoms with E-state index < -0.39 is 15.7 Å². The molecule has 28 heavy (non-hydrogen) atoms. The maximum atomic E-state index is 12.4. The second-order valence-corrected chi connectivity index (χ2v) is 10.0. The highest BCUT2D eigenvalue weighted by Crippen LogP contribution is 2.22. The lowest BCUT2D eigenvalue weighted by atomic mass is 10.3. The third kappa shape index (κ3) is 4.53. The normalized spacial score (nSPS) is 12.5. The zero-order valence-electron chi connectivity index (χ0n) is 15.4. The van der Waals surface area contributed by atoms with Gasteiger partial charge in [-0.15, -0.1) is 0 Å². The van der Waals surface area contributed by atoms with Crippen LogP contribution in [0, 0.1) is 0 Å². The third-order valence-electron chi connectivity index (χ3n) is 4.18. The number of sulfone groups is 1. The topological polar surface area (TPSA) is 77.7 Å². The van der Waals surface area contributed by atoms with E-state index in [1.54, 1.807) is 12.1 Å². The number of fused-ring (bicyclic) bond motifs is 1. The monoisotopic (exact) mass is 482 g/mol. The van der Waals surface area contributed by atoms with Gasteiger partial charge in [-0.3, -0.25) is 4.79 Å². The first-order valence-corrected chi connectivity index (χ1v) is 11.8. The van der Waals surface area contributed by atoms with Crippen molar-refractivity contribution < 1.29 is 17.9 Å². The highest BCUT2D eigenvalue weighted by molar-refractivity contribution is 9.10. The molecular weight excluding hydrogens is 464 g/mol. The Balaban J connectivity index is 1.80. The summed E-state index contributed by atoms with van der Waals surface area (Å²) in [4.78, 5) is 17.2. The van der Waals surface area contributed by atoms with Crippen LogP contribution in [0.3, 0.4) is 0 Å². The average molecular weight is 483 g/mol. The van der Waals surface area contributed by atoms with Gasteiger partial charge in [0.15, 0.2) is 14.6 Å². The number of hydrogen-bond acceptors (Lipinski definition) is 5. The summed E-state index contributed by atoms with van der Waals surface area (Å²) in [7, 11) is -2.05. The lowest BCUT2D eigenvalue weighted by molar-refractivity contribution is -0.117. The van der Waals surface area contributed by atoms with Crippen LogP contribution in [-0.2, 0) is 21.2 Å². The van der Waals surface area contributed by atoms with Crippen molar-refractivity contribution in [3.05, 3.63) is 51.7 Å². The fourth-order valence-electron chi connectivity index (χ4n) is 2.72. The number of aromatic nitrogens is 1. The molecule has 6 nitrogen and oxygen atoms in total. The van der Waals surface area contributed by atoms with Gasteiger partial charge in [-0.05, 0) is 49.4 Å². The lowest BCUT2D eigenvalue weighted by Crippen LogP contribution is -2.17. The van der Waals surface area contributed by atoms with Crippen molar-refractivity contribution in [2.45, 2.75) is 24.8 Å². The minimum Gasteiger partial charge on any atom is -0.497 e. The van der Waals surface area contributed by atoms with Crippen molar-refractivity contribution in [3.8, 4) is 5.75 Å². The van der Waals surface area contributed by atoms with Gasteiger partial charge in [-0.1, -0.05) is 27.3 Å². The van der Waals surface area contributed by atoms with Gasteiger partial charge >= 0.3 is 0 Å². The lowest BCUT2D eigenvalue weighted by Gasteiger charge is -2.04. The van der Waals surface area contributed by atoms with Crippen molar-refractivity contribution in [2.75, 3.05) is 12.9 Å². The van der Waals surface area contributed by atoms with E-state index in [2.05, 4.69) is 20.9 Å². The van der Waals surface area contributed by atoms with Crippen LogP contribution in [0.5, 0.6) is 5.75 Å². The van der Waals surface area contributed by atoms with Gasteiger partial charge in [0.1, 0.15) is 5.75 Å². The molecule has 0 N–H and O–H groups in total. The maximum Gasteiger partial charge on any atom is 0.249 e. The average Bonchev–Trinajstić information content (AvgIpc) is 3.02. The molecule has 0 radical (unpaired) electrons. The largest absolute Gasteiger partial charge is 0.497 e. The molecule has 9 heteroatoms. The van der Waals surface area contributed by atoms with E-state index in [1.807, 2.05) is 29.7 Å². The molecule has 1 amide bonds. The number of methoxy groups -OCH3 is 1. The van der Waals surface area contributed by atoms with Crippen molar-refractivity contribution in [2.24, 2.45) is 4.99 Å². The summed E-state index contributed by atoms with van der Waals surface area (Å²) in [6.07, 6.45) is -0.171. The van der Waals surface area contributed by atoms with Crippen molar-refractivity contribution in [1.82, 2.24) is 4.57 Å². The van der Waals surface area contributed by atoms with Crippen LogP contribution in [-0.4, -0.2) is 31.8 Å². The maximum absolute atomic E-state index is 12.4. The Morgan fingerprint density at radius 3 is 2.57 bits per heavy atom. The van der Waals surface area contributed by atoms with Crippen LogP contribution >= 0.6 is 27.3 Å². The molecule has 3 aromatic rings. The van der Waals surface area contributed by atoms with Gasteiger partial charge in [-0.2, -0.15) is 4.99 Å². The third-order valence-corrected chi connectivity index (χ3v) is 7.45. The number of benzene rings is 2. The van der Waals surface area contributed by atoms with Crippen LogP contribution in [0.15, 0.2) is 56.8 Å². The Kier molecular flexibility index (Phi) is 6.36. The first-order chi connectivity index (χ1) is 13.3. The number of thiazole rings is 1. The quantitative estimate of drug-likeness (QED) is 0.535. The molecule has 0 fully saturated rings. The number of ether oxygens (including phenoxy) is 1. The van der Waals surface area contributed by atoms with Crippen molar-refractivity contribution in [1.29, 1.82) is 0 Å². The zero-order chi connectivity index (χ0) is 20.3. The second-order valence-electron chi connectivity index (χ2n) is 5.99. The fourth-order valence-corrected chi connectivity index (χ4v) is 5.62. The number of rotatable bonds is 6. The molecule has 0 saturated heterocycles. The Bertz CT molecular complexity index is 1180. The van der Waals surface area contributed by atoms with E-state index in [1.165, 1.54) is 30.6 Å². The summed E-state index contributed by atoms with van der Waals surface area (Å²) in [5, 5.41) is 0. The van der Waals surface area contributed by atoms with Gasteiger partial charge in [0.05, 0.1) is 28.0 Å². The van der Waals surface area contributed by atoms with E-state index in [-0.39, 0.29) is 17.1 Å². The summed E-state index contributed by atoms with van der Waals surface area (Å²) in [6, 6.07) is 12.0. The number of nitrogens with zero attached hydrogens (tertiary/aromatic N) is 2. The molecule has 1 heterocycles. The number of hydrogen-bond donors (Lipinski definition) is 0. The van der Waals surface area contributed by atoms with Crippen LogP contribution in [0.4, 0.5) is 0 Å². The molecule has 0 saturated carbocycles. The summed E-state index contributed by atoms with van der Waals surface area (Å²) in [6.45, 7) is 2.64. The van der Waals surface area contributed by atoms with E-state index in [0.717, 1.165) is 14.7 Å². The van der Waals surface area contributed by atoms with Gasteiger partial charge in [0.25, 0.3) is 0 Å². The number of carbonyl (C=O) groups is 1. The minimum absolute atomic E-state index is 0.163. The number of carbonyl (C=O) groups excluding carboxylic acids is 1. The van der Waals surface area contributed by atoms with Crippen molar-refractivity contribution >= 4 is 53.2 Å². The molecule has 0 aliphatic carbocycles. The summed E-state index contributed by atoms with van der Waals surface area (Å²) in [5.74, 6) is -0.167. The summed E-state index contributed by atoms with van der Waals surface area (Å²) in [5.41, 5.74) is 0.994. The van der Waals surface area contributed by atoms with Crippen LogP contribution in [0.25, 0.3) is 10.2 Å². The van der Waals surface area contributed by atoms with Gasteiger partial charge in [-0.25, -0.2) is 8.42 Å². The smallest absolute Gasteiger partial charge is 0.249 e. The Labute approximate surface area is 175 Å². The zero-order valence-corrected chi connectivity index (χ0v) is 18.6. The molecule has 0 unspecified atom stereocenters. The van der Waals surface area contributed by atoms with Crippen LogP contribution < -0.4 is 9.54 Å². The molecule has 3 rings (SSSR count). The number of amides is 1. The van der Waals surface area contributed by atoms with Gasteiger partial charge in [0, 0.05) is 17.4 Å². The van der Waals surface area contributed by atoms with Crippen molar-refractivity contribution in [3.63, 3.8) is 0 Å². The molecular formula is C19H19BrN2O4S2. The summed E-state index contributed by atoms with van der Waals surface area (Å²) < 4.78 is 33.8. The van der Waals surface area contributed by atoms with Crippen LogP contribution in [0.1, 0.15) is 13.3 Å². The van der Waals surface area contributed by atoms with E-state index in [4.69, 9.17) is 4.74 Å². The molecule has 0 spiro atoms. The predicted molar refractivity (Wildman–Crippen MR) is 113 cm³/mol. The predicted octanol–water partition coefficient (Wildman–Crippen LogP) is 3.79. The van der Waals surface area contributed by atoms with E-state index in [9.17, 15) is 13.2 Å². The second kappa shape index (κ2) is 8.59. The van der Waals surface area contributed by atoms with Gasteiger partial charge < -0.3 is 9.30 Å². The van der Waals surface area contributed by atoms with Gasteiger partial charge in [0.2, 0.25) is 5.91 Å². The molecule has 2 aromatic carbocycles. The molecule has 0 aliphatic heterocycles. The minimum atomic E-state index is -3.56.